The van der Waals surface area contributed by atoms with E-state index in [-0.39, 0.29) is 5.82 Å². The van der Waals surface area contributed by atoms with Crippen molar-refractivity contribution in [2.75, 3.05) is 5.32 Å². The molecular weight excluding hydrogens is 330 g/mol. The van der Waals surface area contributed by atoms with Crippen molar-refractivity contribution in [2.24, 2.45) is 0 Å². The molecule has 0 unspecified atom stereocenters. The number of nitrogens with one attached hydrogen (secondary N) is 1. The molecule has 1 N–H and O–H groups in total. The van der Waals surface area contributed by atoms with Crippen LogP contribution in [0.1, 0.15) is 18.9 Å². The third-order valence-corrected chi connectivity index (χ3v) is 3.56. The van der Waals surface area contributed by atoms with Gasteiger partial charge >= 0.3 is 0 Å². The van der Waals surface area contributed by atoms with Crippen LogP contribution in [0.4, 0.5) is 15.8 Å². The number of hydrogen-bond acceptors (Lipinski definition) is 1. The summed E-state index contributed by atoms with van der Waals surface area (Å²) >= 11 is 2.10. The molecule has 0 radical (unpaired) electrons. The van der Waals surface area contributed by atoms with Gasteiger partial charge in [-0.05, 0) is 59.7 Å². The van der Waals surface area contributed by atoms with Crippen molar-refractivity contribution in [1.82, 2.24) is 4.57 Å². The molecule has 0 spiro atoms. The molecule has 0 amide bonds. The summed E-state index contributed by atoms with van der Waals surface area (Å²) in [4.78, 5) is 0. The third kappa shape index (κ3) is 2.46. The van der Waals surface area contributed by atoms with Crippen molar-refractivity contribution in [3.05, 3.63) is 46.0 Å². The normalized spacial score (nSPS) is 14.9. The lowest BCUT2D eigenvalue weighted by atomic mass is 10.3. The fraction of sp³-hybridized carbons (Fsp3) is 0.231. The molecular formula is C13H12FIN2. The minimum absolute atomic E-state index is 0.212. The van der Waals surface area contributed by atoms with Crippen molar-refractivity contribution in [3.63, 3.8) is 0 Å². The zero-order chi connectivity index (χ0) is 11.8. The molecule has 0 atom stereocenters. The summed E-state index contributed by atoms with van der Waals surface area (Å²) in [7, 11) is 0. The minimum atomic E-state index is -0.212. The predicted octanol–water partition coefficient (Wildman–Crippen LogP) is 4.31. The Hall–Kier alpha value is -1.04. The minimum Gasteiger partial charge on any atom is -0.352 e. The fourth-order valence-corrected chi connectivity index (χ4v) is 2.29. The van der Waals surface area contributed by atoms with Gasteiger partial charge in [-0.2, -0.15) is 0 Å². The first-order chi connectivity index (χ1) is 8.22. The van der Waals surface area contributed by atoms with E-state index in [0.29, 0.717) is 11.7 Å². The number of halogens is 2. The van der Waals surface area contributed by atoms with E-state index >= 15 is 0 Å². The van der Waals surface area contributed by atoms with E-state index in [2.05, 4.69) is 32.5 Å². The maximum atomic E-state index is 13.6. The zero-order valence-electron chi connectivity index (χ0n) is 9.16. The molecule has 1 heterocycles. The molecule has 1 aromatic heterocycles. The smallest absolute Gasteiger partial charge is 0.147 e. The Morgan fingerprint density at radius 3 is 2.82 bits per heavy atom. The van der Waals surface area contributed by atoms with Gasteiger partial charge in [0.2, 0.25) is 0 Å². The van der Waals surface area contributed by atoms with Crippen molar-refractivity contribution < 1.29 is 4.39 Å². The van der Waals surface area contributed by atoms with Crippen LogP contribution in [0.25, 0.3) is 0 Å². The summed E-state index contributed by atoms with van der Waals surface area (Å²) in [6.07, 6.45) is 6.59. The van der Waals surface area contributed by atoms with E-state index in [0.717, 1.165) is 9.26 Å². The summed E-state index contributed by atoms with van der Waals surface area (Å²) in [5.41, 5.74) is 1.47. The van der Waals surface area contributed by atoms with Crippen LogP contribution in [0.2, 0.25) is 0 Å². The van der Waals surface area contributed by atoms with Gasteiger partial charge in [0.15, 0.2) is 0 Å². The van der Waals surface area contributed by atoms with Gasteiger partial charge in [-0.25, -0.2) is 4.39 Å². The lowest BCUT2D eigenvalue weighted by Crippen LogP contribution is -1.93. The summed E-state index contributed by atoms with van der Waals surface area (Å²) in [5, 5.41) is 3.10. The molecule has 1 aliphatic rings. The molecule has 1 aliphatic carbocycles. The van der Waals surface area contributed by atoms with Gasteiger partial charge in [0.05, 0.1) is 11.4 Å². The molecule has 1 saturated carbocycles. The first-order valence-corrected chi connectivity index (χ1v) is 6.70. The largest absolute Gasteiger partial charge is 0.352 e. The summed E-state index contributed by atoms with van der Waals surface area (Å²) < 4.78 is 16.7. The van der Waals surface area contributed by atoms with Crippen LogP contribution in [0.5, 0.6) is 0 Å². The van der Waals surface area contributed by atoms with E-state index in [4.69, 9.17) is 0 Å². The van der Waals surface area contributed by atoms with Crippen molar-refractivity contribution in [3.8, 4) is 0 Å². The number of hydrogen-bond donors (Lipinski definition) is 1. The first kappa shape index (κ1) is 11.1. The summed E-state index contributed by atoms with van der Waals surface area (Å²) in [6, 6.07) is 7.83. The number of anilines is 2. The van der Waals surface area contributed by atoms with E-state index in [9.17, 15) is 4.39 Å². The first-order valence-electron chi connectivity index (χ1n) is 5.62. The van der Waals surface area contributed by atoms with E-state index in [1.54, 1.807) is 6.07 Å². The highest BCUT2D eigenvalue weighted by atomic mass is 127. The second-order valence-corrected chi connectivity index (χ2v) is 5.57. The number of benzene rings is 1. The lowest BCUT2D eigenvalue weighted by Gasteiger charge is -2.05. The molecule has 4 heteroatoms. The summed E-state index contributed by atoms with van der Waals surface area (Å²) in [6.45, 7) is 0. The van der Waals surface area contributed by atoms with Gasteiger partial charge < -0.3 is 9.88 Å². The Morgan fingerprint density at radius 2 is 2.12 bits per heavy atom. The summed E-state index contributed by atoms with van der Waals surface area (Å²) in [5.74, 6) is -0.212. The Bertz CT molecular complexity index is 546. The third-order valence-electron chi connectivity index (χ3n) is 2.89. The topological polar surface area (TPSA) is 17.0 Å². The number of rotatable bonds is 3. The number of nitrogens with zero attached hydrogens (tertiary/aromatic N) is 1. The van der Waals surface area contributed by atoms with Gasteiger partial charge in [-0.1, -0.05) is 0 Å². The van der Waals surface area contributed by atoms with Crippen LogP contribution in [-0.4, -0.2) is 4.57 Å². The van der Waals surface area contributed by atoms with Crippen molar-refractivity contribution in [1.29, 1.82) is 0 Å². The van der Waals surface area contributed by atoms with Crippen LogP contribution < -0.4 is 5.32 Å². The standard InChI is InChI=1S/C13H12FIN2/c14-12-7-9(15)1-4-13(12)16-10-5-6-17(8-10)11-2-3-11/h1,4-8,11,16H,2-3H2. The highest BCUT2D eigenvalue weighted by molar-refractivity contribution is 14.1. The molecule has 0 aliphatic heterocycles. The Labute approximate surface area is 113 Å². The molecule has 88 valence electrons. The molecule has 17 heavy (non-hydrogen) atoms. The maximum Gasteiger partial charge on any atom is 0.147 e. The zero-order valence-corrected chi connectivity index (χ0v) is 11.3. The Balaban J connectivity index is 1.80. The SMILES string of the molecule is Fc1cc(I)ccc1Nc1ccn(C2CC2)c1. The highest BCUT2D eigenvalue weighted by Crippen LogP contribution is 2.36. The fourth-order valence-electron chi connectivity index (χ4n) is 1.83. The van der Waals surface area contributed by atoms with Crippen LogP contribution in [-0.2, 0) is 0 Å². The molecule has 1 fully saturated rings. The second-order valence-electron chi connectivity index (χ2n) is 4.33. The van der Waals surface area contributed by atoms with Gasteiger partial charge in [-0.3, -0.25) is 0 Å². The Kier molecular flexibility index (Phi) is 2.82. The van der Waals surface area contributed by atoms with Crippen LogP contribution >= 0.6 is 22.6 Å². The van der Waals surface area contributed by atoms with Crippen molar-refractivity contribution in [2.45, 2.75) is 18.9 Å². The average Bonchev–Trinajstić information content (AvgIpc) is 3.04. The van der Waals surface area contributed by atoms with E-state index < -0.39 is 0 Å². The molecule has 0 saturated heterocycles. The maximum absolute atomic E-state index is 13.6. The molecule has 2 nitrogen and oxygen atoms in total. The molecule has 1 aromatic carbocycles. The molecule has 3 rings (SSSR count). The van der Waals surface area contributed by atoms with Crippen LogP contribution in [0, 0.1) is 9.39 Å². The van der Waals surface area contributed by atoms with Gasteiger partial charge in [0.1, 0.15) is 5.82 Å². The van der Waals surface area contributed by atoms with Gasteiger partial charge in [0.25, 0.3) is 0 Å². The quantitative estimate of drug-likeness (QED) is 0.823. The average molecular weight is 342 g/mol. The van der Waals surface area contributed by atoms with Crippen LogP contribution in [0.15, 0.2) is 36.7 Å². The van der Waals surface area contributed by atoms with E-state index in [1.807, 2.05) is 24.5 Å². The van der Waals surface area contributed by atoms with Crippen molar-refractivity contribution >= 4 is 34.0 Å². The predicted molar refractivity (Wildman–Crippen MR) is 75.1 cm³/mol. The van der Waals surface area contributed by atoms with Crippen LogP contribution in [0.3, 0.4) is 0 Å². The van der Waals surface area contributed by atoms with Gasteiger partial charge in [-0.15, -0.1) is 0 Å². The highest BCUT2D eigenvalue weighted by Gasteiger charge is 2.22. The lowest BCUT2D eigenvalue weighted by molar-refractivity contribution is 0.631. The Morgan fingerprint density at radius 1 is 1.29 bits per heavy atom. The van der Waals surface area contributed by atoms with Gasteiger partial charge in [0, 0.05) is 22.0 Å². The number of aromatic nitrogens is 1. The molecule has 0 bridgehead atoms. The molecule has 2 aromatic rings. The monoisotopic (exact) mass is 342 g/mol. The second kappa shape index (κ2) is 4.33. The van der Waals surface area contributed by atoms with E-state index in [1.165, 1.54) is 18.9 Å².